The average Bonchev–Trinajstić information content (AvgIpc) is 3.89. The van der Waals surface area contributed by atoms with E-state index in [4.69, 9.17) is 4.42 Å². The minimum absolute atomic E-state index is 0.616. The molecule has 254 valence electrons. The number of hydrogen-bond acceptors (Lipinski definition) is 3. The van der Waals surface area contributed by atoms with Crippen molar-refractivity contribution in [3.63, 3.8) is 0 Å². The van der Waals surface area contributed by atoms with Crippen LogP contribution in [0.2, 0.25) is 0 Å². The lowest BCUT2D eigenvalue weighted by Crippen LogP contribution is -1.97. The molecule has 0 spiro atoms. The van der Waals surface area contributed by atoms with Gasteiger partial charge in [0.25, 0.3) is 0 Å². The monoisotopic (exact) mass is 700 g/mol. The third kappa shape index (κ3) is 4.64. The van der Waals surface area contributed by atoms with E-state index in [-0.39, 0.29) is 0 Å². The number of aromatic nitrogens is 2. The third-order valence-electron chi connectivity index (χ3n) is 10.9. The van der Waals surface area contributed by atoms with E-state index in [9.17, 15) is 10.5 Å². The number of rotatable bonds is 4. The highest BCUT2D eigenvalue weighted by Gasteiger charge is 2.19. The summed E-state index contributed by atoms with van der Waals surface area (Å²) in [7, 11) is 0. The van der Waals surface area contributed by atoms with Crippen molar-refractivity contribution >= 4 is 65.6 Å². The number of nitriles is 2. The molecule has 0 amide bonds. The topological polar surface area (TPSA) is 70.6 Å². The molecule has 3 aromatic heterocycles. The Labute approximate surface area is 315 Å². The maximum atomic E-state index is 10.2. The van der Waals surface area contributed by atoms with Crippen LogP contribution in [0.1, 0.15) is 11.1 Å². The van der Waals surface area contributed by atoms with Crippen molar-refractivity contribution in [3.8, 4) is 45.8 Å². The molecule has 5 nitrogen and oxygen atoms in total. The highest BCUT2D eigenvalue weighted by atomic mass is 16.3. The van der Waals surface area contributed by atoms with Crippen molar-refractivity contribution in [2.45, 2.75) is 0 Å². The molecule has 0 saturated carbocycles. The maximum Gasteiger partial charge on any atom is 0.136 e. The van der Waals surface area contributed by atoms with E-state index in [0.29, 0.717) is 11.1 Å². The summed E-state index contributed by atoms with van der Waals surface area (Å²) < 4.78 is 11.0. The van der Waals surface area contributed by atoms with Gasteiger partial charge < -0.3 is 13.6 Å². The van der Waals surface area contributed by atoms with Crippen molar-refractivity contribution in [3.05, 3.63) is 181 Å². The molecule has 11 rings (SSSR count). The van der Waals surface area contributed by atoms with Crippen LogP contribution >= 0.6 is 0 Å². The molecule has 0 fully saturated rings. The summed E-state index contributed by atoms with van der Waals surface area (Å²) in [6.45, 7) is 0. The molecule has 0 unspecified atom stereocenters. The molecule has 0 bridgehead atoms. The van der Waals surface area contributed by atoms with Gasteiger partial charge in [0.05, 0.1) is 45.3 Å². The second-order valence-corrected chi connectivity index (χ2v) is 14.0. The first-order chi connectivity index (χ1) is 27.2. The second kappa shape index (κ2) is 11.8. The maximum absolute atomic E-state index is 10.2. The lowest BCUT2D eigenvalue weighted by Gasteiger charge is -2.15. The Hall–Kier alpha value is -7.86. The molecule has 8 aromatic carbocycles. The van der Waals surface area contributed by atoms with Crippen molar-refractivity contribution in [1.82, 2.24) is 9.13 Å². The van der Waals surface area contributed by atoms with Gasteiger partial charge in [0.15, 0.2) is 0 Å². The van der Waals surface area contributed by atoms with Gasteiger partial charge in [-0.25, -0.2) is 0 Å². The van der Waals surface area contributed by atoms with E-state index in [1.165, 1.54) is 0 Å². The van der Waals surface area contributed by atoms with Crippen LogP contribution in [-0.2, 0) is 0 Å². The zero-order chi connectivity index (χ0) is 36.6. The second-order valence-electron chi connectivity index (χ2n) is 14.0. The highest BCUT2D eigenvalue weighted by molar-refractivity contribution is 6.17. The summed E-state index contributed by atoms with van der Waals surface area (Å²) in [5.74, 6) is 0. The Morgan fingerprint density at radius 3 is 1.91 bits per heavy atom. The Morgan fingerprint density at radius 1 is 0.382 bits per heavy atom. The van der Waals surface area contributed by atoms with Crippen LogP contribution in [0.15, 0.2) is 174 Å². The molecule has 0 N–H and O–H groups in total. The Morgan fingerprint density at radius 2 is 1.05 bits per heavy atom. The van der Waals surface area contributed by atoms with Gasteiger partial charge >= 0.3 is 0 Å². The Kier molecular flexibility index (Phi) is 6.61. The molecule has 0 aliphatic rings. The number of fused-ring (bicyclic) bond motifs is 9. The predicted molar refractivity (Wildman–Crippen MR) is 223 cm³/mol. The minimum atomic E-state index is 0.616. The number of benzene rings is 8. The van der Waals surface area contributed by atoms with Crippen molar-refractivity contribution in [2.75, 3.05) is 0 Å². The molecule has 0 aliphatic carbocycles. The average molecular weight is 701 g/mol. The summed E-state index contributed by atoms with van der Waals surface area (Å²) in [5, 5.41) is 26.6. The van der Waals surface area contributed by atoms with E-state index < -0.39 is 0 Å². The SMILES string of the molecule is N#Cc1ccc2c(c1)c1cc(-c3cc(-c4ccccc4C#N)cc(-n4c5ccccc5c5cc6oc7ccccc7c6cc54)c3)ccc1n2-c1ccccc1. The minimum Gasteiger partial charge on any atom is -0.456 e. The highest BCUT2D eigenvalue weighted by Crippen LogP contribution is 2.41. The summed E-state index contributed by atoms with van der Waals surface area (Å²) in [5.41, 5.74) is 13.1. The zero-order valence-corrected chi connectivity index (χ0v) is 29.4. The number of para-hydroxylation sites is 3. The summed E-state index contributed by atoms with van der Waals surface area (Å²) in [6.07, 6.45) is 0. The van der Waals surface area contributed by atoms with Gasteiger partial charge in [-0.05, 0) is 113 Å². The summed E-state index contributed by atoms with van der Waals surface area (Å²) in [6, 6.07) is 63.2. The van der Waals surface area contributed by atoms with E-state index in [1.807, 2.05) is 72.8 Å². The molecular formula is C50H28N4O. The van der Waals surface area contributed by atoms with Crippen molar-refractivity contribution in [1.29, 1.82) is 10.5 Å². The number of furan rings is 1. The molecule has 0 aliphatic heterocycles. The van der Waals surface area contributed by atoms with Crippen molar-refractivity contribution in [2.24, 2.45) is 0 Å². The number of hydrogen-bond donors (Lipinski definition) is 0. The van der Waals surface area contributed by atoms with E-state index >= 15 is 0 Å². The van der Waals surface area contributed by atoms with Crippen molar-refractivity contribution < 1.29 is 4.42 Å². The van der Waals surface area contributed by atoms with Gasteiger partial charge in [0.1, 0.15) is 11.2 Å². The van der Waals surface area contributed by atoms with E-state index in [2.05, 4.69) is 118 Å². The van der Waals surface area contributed by atoms with Crippen LogP contribution in [0.3, 0.4) is 0 Å². The molecule has 0 atom stereocenters. The van der Waals surface area contributed by atoms with Gasteiger partial charge in [-0.1, -0.05) is 78.9 Å². The van der Waals surface area contributed by atoms with Gasteiger partial charge in [0.2, 0.25) is 0 Å². The molecule has 0 saturated heterocycles. The molecule has 55 heavy (non-hydrogen) atoms. The molecule has 11 aromatic rings. The van der Waals surface area contributed by atoms with E-state index in [1.54, 1.807) is 0 Å². The lowest BCUT2D eigenvalue weighted by molar-refractivity contribution is 0.669. The van der Waals surface area contributed by atoms with Gasteiger partial charge in [-0.15, -0.1) is 0 Å². The molecular weight excluding hydrogens is 673 g/mol. The van der Waals surface area contributed by atoms with E-state index in [0.717, 1.165) is 99.2 Å². The predicted octanol–water partition coefficient (Wildman–Crippen LogP) is 12.9. The lowest BCUT2D eigenvalue weighted by atomic mass is 9.94. The standard InChI is InChI=1S/C50H28N4O/c51-29-31-18-20-46-41(22-31)42-26-32(19-21-47(42)53(46)36-11-2-1-3-12-36)34-23-35(38-13-5-4-10-33(38)30-52)25-37(24-34)54-45-16-8-6-14-39(45)43-28-50-44(27-48(43)54)40-15-7-9-17-49(40)55-50/h1-28H. The smallest absolute Gasteiger partial charge is 0.136 e. The quantitative estimate of drug-likeness (QED) is 0.183. The Balaban J connectivity index is 1.21. The van der Waals surface area contributed by atoms with Gasteiger partial charge in [0, 0.05) is 43.7 Å². The summed E-state index contributed by atoms with van der Waals surface area (Å²) in [4.78, 5) is 0. The first kappa shape index (κ1) is 30.7. The first-order valence-electron chi connectivity index (χ1n) is 18.2. The van der Waals surface area contributed by atoms with Crippen LogP contribution in [0.5, 0.6) is 0 Å². The molecule has 5 heteroatoms. The third-order valence-corrected chi connectivity index (χ3v) is 10.9. The fraction of sp³-hybridized carbons (Fsp3) is 0. The zero-order valence-electron chi connectivity index (χ0n) is 29.4. The number of nitrogens with zero attached hydrogens (tertiary/aromatic N) is 4. The van der Waals surface area contributed by atoms with Crippen LogP contribution in [-0.4, -0.2) is 9.13 Å². The normalized spacial score (nSPS) is 11.6. The van der Waals surface area contributed by atoms with Gasteiger partial charge in [-0.3, -0.25) is 0 Å². The van der Waals surface area contributed by atoms with Crippen LogP contribution in [0.4, 0.5) is 0 Å². The van der Waals surface area contributed by atoms with Gasteiger partial charge in [-0.2, -0.15) is 10.5 Å². The molecule has 3 heterocycles. The van der Waals surface area contributed by atoms with Crippen LogP contribution in [0.25, 0.3) is 99.2 Å². The largest absolute Gasteiger partial charge is 0.456 e. The first-order valence-corrected chi connectivity index (χ1v) is 18.2. The summed E-state index contributed by atoms with van der Waals surface area (Å²) >= 11 is 0. The van der Waals surface area contributed by atoms with Crippen LogP contribution < -0.4 is 0 Å². The fourth-order valence-electron chi connectivity index (χ4n) is 8.49. The van der Waals surface area contributed by atoms with Crippen LogP contribution in [0, 0.1) is 22.7 Å². The molecule has 0 radical (unpaired) electrons. The Bertz CT molecular complexity index is 3460. The fourth-order valence-corrected chi connectivity index (χ4v) is 8.49.